The Balaban J connectivity index is 2.10. The van der Waals surface area contributed by atoms with E-state index in [1.807, 2.05) is 6.92 Å². The zero-order valence-corrected chi connectivity index (χ0v) is 26.9. The highest BCUT2D eigenvalue weighted by molar-refractivity contribution is 9.10. The van der Waals surface area contributed by atoms with Gasteiger partial charge in [0.25, 0.3) is 10.0 Å². The van der Waals surface area contributed by atoms with Crippen LogP contribution in [0.2, 0.25) is 10.0 Å². The van der Waals surface area contributed by atoms with E-state index in [1.54, 1.807) is 68.4 Å². The minimum absolute atomic E-state index is 0.00106. The van der Waals surface area contributed by atoms with Crippen LogP contribution in [-0.2, 0) is 26.2 Å². The lowest BCUT2D eigenvalue weighted by atomic mass is 10.1. The Hall–Kier alpha value is -2.79. The van der Waals surface area contributed by atoms with Crippen LogP contribution in [0.3, 0.4) is 0 Å². The summed E-state index contributed by atoms with van der Waals surface area (Å²) >= 11 is 16.2. The second-order valence-electron chi connectivity index (χ2n) is 8.93. The Labute approximate surface area is 259 Å². The smallest absolute Gasteiger partial charge is 0.264 e. The maximum Gasteiger partial charge on any atom is 0.264 e. The van der Waals surface area contributed by atoms with Gasteiger partial charge in [0.1, 0.15) is 18.3 Å². The van der Waals surface area contributed by atoms with Crippen LogP contribution in [0.5, 0.6) is 5.75 Å². The molecule has 0 fully saturated rings. The molecule has 3 aromatic carbocycles. The van der Waals surface area contributed by atoms with Crippen molar-refractivity contribution in [2.24, 2.45) is 0 Å². The van der Waals surface area contributed by atoms with Gasteiger partial charge in [0.05, 0.1) is 17.2 Å². The minimum Gasteiger partial charge on any atom is -0.494 e. The molecule has 1 atom stereocenters. The van der Waals surface area contributed by atoms with E-state index in [1.165, 1.54) is 17.0 Å². The molecule has 3 rings (SSSR count). The standard InChI is InChI=1S/C29H32BrCl2N3O5S/c1-4-27(29(37)33-5-2)34(18-24-25(31)8-7-9-26(24)32)28(36)19-35(21-12-14-22(15-13-21)40-6-3)41(38,39)23-16-10-20(30)11-17-23/h7-17,27H,4-6,18-19H2,1-3H3,(H,33,37)/t27-/m1/s1. The van der Waals surface area contributed by atoms with E-state index in [0.29, 0.717) is 39.0 Å². The van der Waals surface area contributed by atoms with Crippen LogP contribution in [0.15, 0.2) is 76.1 Å². The maximum absolute atomic E-state index is 14.1. The SMILES string of the molecule is CCNC(=O)[C@@H](CC)N(Cc1c(Cl)cccc1Cl)C(=O)CN(c1ccc(OCC)cc1)S(=O)(=O)c1ccc(Br)cc1. The first kappa shape index (κ1) is 32.7. The summed E-state index contributed by atoms with van der Waals surface area (Å²) < 4.78 is 35.1. The minimum atomic E-state index is -4.21. The van der Waals surface area contributed by atoms with E-state index >= 15 is 0 Å². The van der Waals surface area contributed by atoms with Crippen LogP contribution in [0.1, 0.15) is 32.8 Å². The Morgan fingerprint density at radius 3 is 2.10 bits per heavy atom. The van der Waals surface area contributed by atoms with Crippen LogP contribution in [0, 0.1) is 0 Å². The average molecular weight is 685 g/mol. The lowest BCUT2D eigenvalue weighted by Gasteiger charge is -2.33. The number of halogens is 3. The van der Waals surface area contributed by atoms with Crippen molar-refractivity contribution in [3.63, 3.8) is 0 Å². The molecule has 0 aliphatic heterocycles. The third-order valence-electron chi connectivity index (χ3n) is 6.24. The van der Waals surface area contributed by atoms with Crippen molar-refractivity contribution in [2.45, 2.75) is 44.7 Å². The van der Waals surface area contributed by atoms with Gasteiger partial charge in [0.15, 0.2) is 0 Å². The lowest BCUT2D eigenvalue weighted by Crippen LogP contribution is -2.52. The summed E-state index contributed by atoms with van der Waals surface area (Å²) in [6.45, 7) is 5.52. The van der Waals surface area contributed by atoms with E-state index in [2.05, 4.69) is 21.2 Å². The molecule has 2 amide bonds. The van der Waals surface area contributed by atoms with Crippen LogP contribution < -0.4 is 14.4 Å². The number of amides is 2. The summed E-state index contributed by atoms with van der Waals surface area (Å²) in [7, 11) is -4.21. The first-order valence-electron chi connectivity index (χ1n) is 13.0. The monoisotopic (exact) mass is 683 g/mol. The predicted octanol–water partition coefficient (Wildman–Crippen LogP) is 6.29. The van der Waals surface area contributed by atoms with Crippen LogP contribution in [0.4, 0.5) is 5.69 Å². The van der Waals surface area contributed by atoms with Crippen LogP contribution in [-0.4, -0.2) is 50.9 Å². The summed E-state index contributed by atoms with van der Waals surface area (Å²) in [5.74, 6) is -0.413. The molecule has 0 aliphatic rings. The van der Waals surface area contributed by atoms with Crippen molar-refractivity contribution in [3.8, 4) is 5.75 Å². The van der Waals surface area contributed by atoms with E-state index in [9.17, 15) is 18.0 Å². The number of ether oxygens (including phenoxy) is 1. The molecule has 0 saturated heterocycles. The molecule has 8 nitrogen and oxygen atoms in total. The van der Waals surface area contributed by atoms with Gasteiger partial charge in [-0.25, -0.2) is 8.42 Å². The van der Waals surface area contributed by atoms with E-state index in [0.717, 1.165) is 4.31 Å². The fourth-order valence-electron chi connectivity index (χ4n) is 4.20. The highest BCUT2D eigenvalue weighted by atomic mass is 79.9. The number of anilines is 1. The van der Waals surface area contributed by atoms with Crippen LogP contribution >= 0.6 is 39.1 Å². The summed E-state index contributed by atoms with van der Waals surface area (Å²) in [6, 6.07) is 16.6. The maximum atomic E-state index is 14.1. The summed E-state index contributed by atoms with van der Waals surface area (Å²) in [4.78, 5) is 28.5. The average Bonchev–Trinajstić information content (AvgIpc) is 2.94. The Kier molecular flexibility index (Phi) is 11.9. The van der Waals surface area contributed by atoms with Crippen molar-refractivity contribution in [2.75, 3.05) is 24.0 Å². The number of hydrogen-bond acceptors (Lipinski definition) is 5. The number of benzene rings is 3. The topological polar surface area (TPSA) is 96.0 Å². The molecule has 41 heavy (non-hydrogen) atoms. The van der Waals surface area contributed by atoms with E-state index in [4.69, 9.17) is 27.9 Å². The molecule has 0 radical (unpaired) electrons. The molecule has 0 aliphatic carbocycles. The molecule has 3 aromatic rings. The van der Waals surface area contributed by atoms with Gasteiger partial charge in [-0.15, -0.1) is 0 Å². The number of nitrogens with one attached hydrogen (secondary N) is 1. The molecular formula is C29H32BrCl2N3O5S. The van der Waals surface area contributed by atoms with Gasteiger partial charge in [-0.3, -0.25) is 13.9 Å². The lowest BCUT2D eigenvalue weighted by molar-refractivity contribution is -0.140. The zero-order valence-electron chi connectivity index (χ0n) is 22.9. The van der Waals surface area contributed by atoms with Gasteiger partial charge in [-0.1, -0.05) is 52.1 Å². The Morgan fingerprint density at radius 2 is 1.56 bits per heavy atom. The van der Waals surface area contributed by atoms with Gasteiger partial charge in [-0.05, 0) is 80.9 Å². The fraction of sp³-hybridized carbons (Fsp3) is 0.310. The van der Waals surface area contributed by atoms with Crippen molar-refractivity contribution in [3.05, 3.63) is 86.8 Å². The second-order valence-corrected chi connectivity index (χ2v) is 12.5. The van der Waals surface area contributed by atoms with Crippen molar-refractivity contribution >= 4 is 66.7 Å². The van der Waals surface area contributed by atoms with E-state index < -0.39 is 28.5 Å². The molecular weight excluding hydrogens is 653 g/mol. The predicted molar refractivity (Wildman–Crippen MR) is 166 cm³/mol. The molecule has 220 valence electrons. The van der Waals surface area contributed by atoms with Crippen LogP contribution in [0.25, 0.3) is 0 Å². The van der Waals surface area contributed by atoms with E-state index in [-0.39, 0.29) is 29.5 Å². The number of carbonyl (C=O) groups is 2. The fourth-order valence-corrected chi connectivity index (χ4v) is 6.40. The van der Waals surface area contributed by atoms with Gasteiger partial charge >= 0.3 is 0 Å². The summed E-state index contributed by atoms with van der Waals surface area (Å²) in [6.07, 6.45) is 0.280. The van der Waals surface area contributed by atoms with Crippen molar-refractivity contribution < 1.29 is 22.7 Å². The molecule has 0 saturated carbocycles. The number of sulfonamides is 1. The quantitative estimate of drug-likeness (QED) is 0.228. The number of hydrogen-bond donors (Lipinski definition) is 1. The molecule has 1 N–H and O–H groups in total. The second kappa shape index (κ2) is 14.9. The Morgan fingerprint density at radius 1 is 0.951 bits per heavy atom. The van der Waals surface area contributed by atoms with Gasteiger partial charge in [0, 0.05) is 33.2 Å². The Bertz CT molecular complexity index is 1430. The molecule has 0 spiro atoms. The van der Waals surface area contributed by atoms with Crippen molar-refractivity contribution in [1.29, 1.82) is 0 Å². The normalized spacial score (nSPS) is 12.0. The highest BCUT2D eigenvalue weighted by Gasteiger charge is 2.34. The zero-order chi connectivity index (χ0) is 30.2. The molecule has 0 unspecified atom stereocenters. The molecule has 0 bridgehead atoms. The third kappa shape index (κ3) is 8.16. The van der Waals surface area contributed by atoms with Gasteiger partial charge in [-0.2, -0.15) is 0 Å². The summed E-state index contributed by atoms with van der Waals surface area (Å²) in [5.41, 5.74) is 0.710. The third-order valence-corrected chi connectivity index (χ3v) is 9.27. The van der Waals surface area contributed by atoms with Gasteiger partial charge in [0.2, 0.25) is 11.8 Å². The van der Waals surface area contributed by atoms with Crippen molar-refractivity contribution in [1.82, 2.24) is 10.2 Å². The number of nitrogens with zero attached hydrogens (tertiary/aromatic N) is 2. The summed E-state index contributed by atoms with van der Waals surface area (Å²) in [5, 5.41) is 3.41. The first-order chi connectivity index (χ1) is 19.5. The number of carbonyl (C=O) groups excluding carboxylic acids is 2. The highest BCUT2D eigenvalue weighted by Crippen LogP contribution is 2.30. The first-order valence-corrected chi connectivity index (χ1v) is 16.0. The number of likely N-dealkylation sites (N-methyl/N-ethyl adjacent to an activating group) is 1. The number of rotatable bonds is 13. The molecule has 0 heterocycles. The molecule has 12 heteroatoms. The van der Waals surface area contributed by atoms with Gasteiger partial charge < -0.3 is 15.0 Å². The largest absolute Gasteiger partial charge is 0.494 e. The molecule has 0 aromatic heterocycles.